The summed E-state index contributed by atoms with van der Waals surface area (Å²) < 4.78 is 26.8. The van der Waals surface area contributed by atoms with E-state index >= 15 is 0 Å². The van der Waals surface area contributed by atoms with Gasteiger partial charge in [0.1, 0.15) is 12.6 Å². The van der Waals surface area contributed by atoms with Crippen LogP contribution < -0.4 is 9.62 Å². The van der Waals surface area contributed by atoms with E-state index in [-0.39, 0.29) is 12.5 Å². The van der Waals surface area contributed by atoms with Crippen molar-refractivity contribution in [3.63, 3.8) is 0 Å². The second kappa shape index (κ2) is 11.8. The summed E-state index contributed by atoms with van der Waals surface area (Å²) >= 11 is 0. The van der Waals surface area contributed by atoms with Gasteiger partial charge in [-0.25, -0.2) is 8.42 Å². The van der Waals surface area contributed by atoms with Gasteiger partial charge in [0.05, 0.1) is 11.9 Å². The van der Waals surface area contributed by atoms with Gasteiger partial charge in [0.2, 0.25) is 21.8 Å². The van der Waals surface area contributed by atoms with E-state index in [1.54, 1.807) is 19.1 Å². The number of fused-ring (bicyclic) bond motifs is 1. The molecule has 0 radical (unpaired) electrons. The Kier molecular flexibility index (Phi) is 8.87. The lowest BCUT2D eigenvalue weighted by atomic mass is 10.1. The number of carbonyl (C=O) groups excluding carboxylic acids is 2. The van der Waals surface area contributed by atoms with Crippen LogP contribution in [0.15, 0.2) is 72.8 Å². The Bertz CT molecular complexity index is 1260. The van der Waals surface area contributed by atoms with Crippen molar-refractivity contribution < 1.29 is 18.0 Å². The largest absolute Gasteiger partial charge is 0.354 e. The number of unbranched alkanes of at least 4 members (excludes halogenated alkanes) is 1. The molecule has 1 N–H and O–H groups in total. The van der Waals surface area contributed by atoms with Gasteiger partial charge in [0, 0.05) is 18.5 Å². The molecule has 3 aromatic carbocycles. The zero-order chi connectivity index (χ0) is 25.4. The minimum absolute atomic E-state index is 0.190. The van der Waals surface area contributed by atoms with Crippen LogP contribution in [0.2, 0.25) is 0 Å². The summed E-state index contributed by atoms with van der Waals surface area (Å²) in [5.41, 5.74) is 1.28. The topological polar surface area (TPSA) is 86.8 Å². The molecule has 0 fully saturated rings. The first-order chi connectivity index (χ1) is 16.7. The average molecular weight is 496 g/mol. The van der Waals surface area contributed by atoms with E-state index in [2.05, 4.69) is 5.32 Å². The number of anilines is 1. The van der Waals surface area contributed by atoms with Crippen LogP contribution in [0.5, 0.6) is 0 Å². The Labute approximate surface area is 207 Å². The maximum Gasteiger partial charge on any atom is 0.244 e. The number of nitrogens with one attached hydrogen (secondary N) is 1. The number of amides is 2. The van der Waals surface area contributed by atoms with Gasteiger partial charge in [-0.15, -0.1) is 0 Å². The lowest BCUT2D eigenvalue weighted by Crippen LogP contribution is -2.51. The average Bonchev–Trinajstić information content (AvgIpc) is 2.85. The lowest BCUT2D eigenvalue weighted by molar-refractivity contribution is -0.139. The molecule has 0 heterocycles. The Hall–Kier alpha value is -3.39. The summed E-state index contributed by atoms with van der Waals surface area (Å²) in [6.45, 7) is 4.01. The summed E-state index contributed by atoms with van der Waals surface area (Å²) in [7, 11) is -3.79. The normalized spacial score (nSPS) is 12.2. The minimum Gasteiger partial charge on any atom is -0.354 e. The van der Waals surface area contributed by atoms with Crippen LogP contribution in [0.25, 0.3) is 10.8 Å². The maximum atomic E-state index is 13.6. The molecule has 3 rings (SSSR count). The van der Waals surface area contributed by atoms with Crippen LogP contribution in [-0.2, 0) is 26.2 Å². The van der Waals surface area contributed by atoms with Crippen LogP contribution in [0, 0.1) is 0 Å². The number of carbonyl (C=O) groups is 2. The van der Waals surface area contributed by atoms with E-state index in [1.807, 2.05) is 67.6 Å². The van der Waals surface area contributed by atoms with Crippen molar-refractivity contribution in [1.29, 1.82) is 0 Å². The fourth-order valence-electron chi connectivity index (χ4n) is 3.92. The highest BCUT2D eigenvalue weighted by Crippen LogP contribution is 2.28. The number of sulfonamides is 1. The molecule has 0 spiro atoms. The molecular formula is C27H33N3O4S. The fourth-order valence-corrected chi connectivity index (χ4v) is 4.78. The van der Waals surface area contributed by atoms with Crippen molar-refractivity contribution in [3.05, 3.63) is 78.4 Å². The molecule has 0 aliphatic rings. The third-order valence-electron chi connectivity index (χ3n) is 5.91. The molecule has 3 aromatic rings. The van der Waals surface area contributed by atoms with E-state index < -0.39 is 28.5 Å². The van der Waals surface area contributed by atoms with E-state index in [4.69, 9.17) is 0 Å². The van der Waals surface area contributed by atoms with Crippen molar-refractivity contribution in [2.75, 3.05) is 23.7 Å². The van der Waals surface area contributed by atoms with Crippen LogP contribution in [0.4, 0.5) is 5.69 Å². The third-order valence-corrected chi connectivity index (χ3v) is 7.03. The summed E-state index contributed by atoms with van der Waals surface area (Å²) in [4.78, 5) is 27.9. The van der Waals surface area contributed by atoms with Crippen molar-refractivity contribution in [3.8, 4) is 0 Å². The summed E-state index contributed by atoms with van der Waals surface area (Å²) in [5.74, 6) is -0.718. The zero-order valence-electron chi connectivity index (χ0n) is 20.5. The predicted molar refractivity (Wildman–Crippen MR) is 141 cm³/mol. The minimum atomic E-state index is -3.79. The molecule has 0 bridgehead atoms. The summed E-state index contributed by atoms with van der Waals surface area (Å²) in [6.07, 6.45) is 2.87. The molecule has 35 heavy (non-hydrogen) atoms. The van der Waals surface area contributed by atoms with E-state index in [0.717, 1.165) is 39.7 Å². The molecule has 1 unspecified atom stereocenters. The van der Waals surface area contributed by atoms with Gasteiger partial charge in [-0.1, -0.05) is 80.1 Å². The second-order valence-electron chi connectivity index (χ2n) is 8.60. The van der Waals surface area contributed by atoms with Crippen molar-refractivity contribution in [2.24, 2.45) is 0 Å². The van der Waals surface area contributed by atoms with Gasteiger partial charge in [0.25, 0.3) is 0 Å². The van der Waals surface area contributed by atoms with Crippen LogP contribution in [0.3, 0.4) is 0 Å². The van der Waals surface area contributed by atoms with Crippen molar-refractivity contribution in [1.82, 2.24) is 10.2 Å². The highest BCUT2D eigenvalue weighted by molar-refractivity contribution is 7.92. The summed E-state index contributed by atoms with van der Waals surface area (Å²) in [5, 5.41) is 4.48. The van der Waals surface area contributed by atoms with Crippen LogP contribution in [-0.4, -0.2) is 50.5 Å². The predicted octanol–water partition coefficient (Wildman–Crippen LogP) is 3.94. The molecule has 186 valence electrons. The molecule has 0 saturated heterocycles. The molecule has 0 aliphatic carbocycles. The molecule has 0 aromatic heterocycles. The highest BCUT2D eigenvalue weighted by atomic mass is 32.2. The molecular weight excluding hydrogens is 462 g/mol. The number of hydrogen-bond donors (Lipinski definition) is 1. The fraction of sp³-hybridized carbons (Fsp3) is 0.333. The molecule has 7 nitrogen and oxygen atoms in total. The summed E-state index contributed by atoms with van der Waals surface area (Å²) in [6, 6.07) is 21.4. The molecule has 1 atom stereocenters. The number of rotatable bonds is 11. The molecule has 0 aliphatic heterocycles. The van der Waals surface area contributed by atoms with Gasteiger partial charge in [-0.3, -0.25) is 13.9 Å². The van der Waals surface area contributed by atoms with Crippen LogP contribution >= 0.6 is 0 Å². The smallest absolute Gasteiger partial charge is 0.244 e. The second-order valence-corrected chi connectivity index (χ2v) is 10.5. The first kappa shape index (κ1) is 26.2. The van der Waals surface area contributed by atoms with Gasteiger partial charge < -0.3 is 10.2 Å². The Balaban J connectivity index is 1.94. The highest BCUT2D eigenvalue weighted by Gasteiger charge is 2.30. The lowest BCUT2D eigenvalue weighted by Gasteiger charge is -2.31. The van der Waals surface area contributed by atoms with E-state index in [0.29, 0.717) is 12.2 Å². The first-order valence-corrected chi connectivity index (χ1v) is 13.6. The van der Waals surface area contributed by atoms with Gasteiger partial charge in [-0.05, 0) is 30.4 Å². The van der Waals surface area contributed by atoms with Crippen molar-refractivity contribution >= 4 is 38.3 Å². The molecule has 0 saturated carbocycles. The molecule has 8 heteroatoms. The Morgan fingerprint density at radius 1 is 0.943 bits per heavy atom. The van der Waals surface area contributed by atoms with E-state index in [1.165, 1.54) is 4.90 Å². The van der Waals surface area contributed by atoms with Crippen LogP contribution in [0.1, 0.15) is 32.3 Å². The van der Waals surface area contributed by atoms with E-state index in [9.17, 15) is 18.0 Å². The zero-order valence-corrected chi connectivity index (χ0v) is 21.3. The Morgan fingerprint density at radius 3 is 2.29 bits per heavy atom. The quantitative estimate of drug-likeness (QED) is 0.408. The monoisotopic (exact) mass is 495 g/mol. The standard InChI is InChI=1S/C27H33N3O4S/c1-4-5-18-28-27(32)21(2)29(19-22-12-7-6-8-13-22)26(31)20-30(35(3,33)34)25-17-11-15-23-14-9-10-16-24(23)25/h6-17,21H,4-5,18-20H2,1-3H3,(H,28,32). The Morgan fingerprint density at radius 2 is 1.60 bits per heavy atom. The maximum absolute atomic E-state index is 13.6. The van der Waals surface area contributed by atoms with Gasteiger partial charge in [-0.2, -0.15) is 0 Å². The number of nitrogens with zero attached hydrogens (tertiary/aromatic N) is 2. The number of benzene rings is 3. The van der Waals surface area contributed by atoms with Gasteiger partial charge in [0.15, 0.2) is 0 Å². The van der Waals surface area contributed by atoms with Gasteiger partial charge >= 0.3 is 0 Å². The third kappa shape index (κ3) is 6.82. The van der Waals surface area contributed by atoms with Crippen molar-refractivity contribution in [2.45, 2.75) is 39.3 Å². The number of hydrogen-bond acceptors (Lipinski definition) is 4. The SMILES string of the molecule is CCCCNC(=O)C(C)N(Cc1ccccc1)C(=O)CN(c1cccc2ccccc12)S(C)(=O)=O. The first-order valence-electron chi connectivity index (χ1n) is 11.8. The molecule has 2 amide bonds.